The van der Waals surface area contributed by atoms with Gasteiger partial charge in [0.1, 0.15) is 0 Å². The maximum atomic E-state index is 5.36. The first-order valence-corrected chi connectivity index (χ1v) is 7.51. The Kier molecular flexibility index (Phi) is 4.20. The summed E-state index contributed by atoms with van der Waals surface area (Å²) in [6.45, 7) is 9.31. The summed E-state index contributed by atoms with van der Waals surface area (Å²) >= 11 is 0. The molecule has 0 amide bonds. The largest absolute Gasteiger partial charge is 0.378 e. The molecule has 6 nitrogen and oxygen atoms in total. The Balaban J connectivity index is 1.84. The van der Waals surface area contributed by atoms with Gasteiger partial charge in [0.15, 0.2) is 5.82 Å². The van der Waals surface area contributed by atoms with Crippen LogP contribution < -0.4 is 10.2 Å². The standard InChI is InChI=1S/C16H21N5O/c1-11-8-12(2)15(13(3)9-11)18-14-10-17-20-16(19-14)21-4-6-22-7-5-21/h8-10H,4-7H2,1-3H3,(H,18,19,20). The van der Waals surface area contributed by atoms with E-state index in [-0.39, 0.29) is 0 Å². The molecule has 1 fully saturated rings. The fraction of sp³-hybridized carbons (Fsp3) is 0.438. The van der Waals surface area contributed by atoms with Gasteiger partial charge in [-0.2, -0.15) is 10.1 Å². The van der Waals surface area contributed by atoms with Crippen LogP contribution in [-0.4, -0.2) is 41.5 Å². The Bertz CT molecular complexity index is 644. The topological polar surface area (TPSA) is 63.2 Å². The molecule has 3 rings (SSSR count). The molecule has 0 bridgehead atoms. The highest BCUT2D eigenvalue weighted by molar-refractivity contribution is 5.65. The van der Waals surface area contributed by atoms with Crippen LogP contribution in [0.25, 0.3) is 0 Å². The van der Waals surface area contributed by atoms with Gasteiger partial charge >= 0.3 is 0 Å². The molecule has 1 saturated heterocycles. The molecular formula is C16H21N5O. The molecule has 0 spiro atoms. The maximum Gasteiger partial charge on any atom is 0.247 e. The Morgan fingerprint density at radius 3 is 2.45 bits per heavy atom. The lowest BCUT2D eigenvalue weighted by Gasteiger charge is -2.26. The molecule has 2 aromatic rings. The van der Waals surface area contributed by atoms with Crippen LogP contribution in [0, 0.1) is 20.8 Å². The lowest BCUT2D eigenvalue weighted by atomic mass is 10.1. The van der Waals surface area contributed by atoms with Gasteiger partial charge in [0.05, 0.1) is 19.4 Å². The van der Waals surface area contributed by atoms with E-state index in [0.717, 1.165) is 18.8 Å². The summed E-state index contributed by atoms with van der Waals surface area (Å²) in [5, 5.41) is 11.6. The van der Waals surface area contributed by atoms with E-state index < -0.39 is 0 Å². The number of ether oxygens (including phenoxy) is 1. The van der Waals surface area contributed by atoms with Crippen LogP contribution in [0.2, 0.25) is 0 Å². The molecular weight excluding hydrogens is 278 g/mol. The van der Waals surface area contributed by atoms with Crippen LogP contribution in [-0.2, 0) is 4.74 Å². The minimum absolute atomic E-state index is 0.649. The molecule has 1 aliphatic heterocycles. The minimum Gasteiger partial charge on any atom is -0.378 e. The third-order valence-electron chi connectivity index (χ3n) is 3.77. The predicted molar refractivity (Wildman–Crippen MR) is 86.8 cm³/mol. The van der Waals surface area contributed by atoms with Crippen molar-refractivity contribution >= 4 is 17.5 Å². The van der Waals surface area contributed by atoms with Gasteiger partial charge in [-0.25, -0.2) is 0 Å². The zero-order valence-corrected chi connectivity index (χ0v) is 13.3. The molecule has 0 unspecified atom stereocenters. The normalized spacial score (nSPS) is 15.0. The fourth-order valence-electron chi connectivity index (χ4n) is 2.76. The van der Waals surface area contributed by atoms with Crippen molar-refractivity contribution in [3.8, 4) is 0 Å². The summed E-state index contributed by atoms with van der Waals surface area (Å²) in [5.74, 6) is 1.36. The third-order valence-corrected chi connectivity index (χ3v) is 3.77. The molecule has 1 aliphatic rings. The number of anilines is 3. The smallest absolute Gasteiger partial charge is 0.247 e. The molecule has 0 atom stereocenters. The van der Waals surface area contributed by atoms with E-state index in [0.29, 0.717) is 25.0 Å². The zero-order valence-electron chi connectivity index (χ0n) is 13.3. The summed E-state index contributed by atoms with van der Waals surface area (Å²) < 4.78 is 5.36. The molecule has 22 heavy (non-hydrogen) atoms. The number of aromatic nitrogens is 3. The van der Waals surface area contributed by atoms with E-state index in [9.17, 15) is 0 Å². The van der Waals surface area contributed by atoms with Gasteiger partial charge < -0.3 is 15.0 Å². The second-order valence-corrected chi connectivity index (χ2v) is 5.64. The van der Waals surface area contributed by atoms with E-state index in [1.807, 2.05) is 0 Å². The maximum absolute atomic E-state index is 5.36. The Morgan fingerprint density at radius 2 is 1.77 bits per heavy atom. The van der Waals surface area contributed by atoms with Crippen LogP contribution in [0.3, 0.4) is 0 Å². The summed E-state index contributed by atoms with van der Waals surface area (Å²) in [4.78, 5) is 6.68. The average molecular weight is 299 g/mol. The molecule has 116 valence electrons. The van der Waals surface area contributed by atoms with Gasteiger partial charge in [-0.1, -0.05) is 17.7 Å². The molecule has 1 aromatic heterocycles. The van der Waals surface area contributed by atoms with Crippen LogP contribution in [0.15, 0.2) is 18.3 Å². The van der Waals surface area contributed by atoms with Gasteiger partial charge in [-0.15, -0.1) is 5.10 Å². The summed E-state index contributed by atoms with van der Waals surface area (Å²) in [6, 6.07) is 4.32. The number of hydrogen-bond acceptors (Lipinski definition) is 6. The van der Waals surface area contributed by atoms with E-state index >= 15 is 0 Å². The van der Waals surface area contributed by atoms with Gasteiger partial charge in [0.25, 0.3) is 0 Å². The second kappa shape index (κ2) is 6.27. The molecule has 0 radical (unpaired) electrons. The number of aryl methyl sites for hydroxylation is 3. The van der Waals surface area contributed by atoms with E-state index in [4.69, 9.17) is 4.74 Å². The molecule has 0 aliphatic carbocycles. The second-order valence-electron chi connectivity index (χ2n) is 5.64. The lowest BCUT2D eigenvalue weighted by Crippen LogP contribution is -2.37. The van der Waals surface area contributed by atoms with E-state index in [1.165, 1.54) is 16.7 Å². The van der Waals surface area contributed by atoms with Crippen molar-refractivity contribution < 1.29 is 4.74 Å². The van der Waals surface area contributed by atoms with Crippen molar-refractivity contribution in [3.05, 3.63) is 35.0 Å². The molecule has 1 N–H and O–H groups in total. The van der Waals surface area contributed by atoms with Crippen LogP contribution in [0.5, 0.6) is 0 Å². The molecule has 2 heterocycles. The van der Waals surface area contributed by atoms with Gasteiger partial charge in [-0.3, -0.25) is 0 Å². The number of nitrogens with zero attached hydrogens (tertiary/aromatic N) is 4. The highest BCUT2D eigenvalue weighted by Crippen LogP contribution is 2.25. The van der Waals surface area contributed by atoms with Crippen molar-refractivity contribution in [2.24, 2.45) is 0 Å². The first-order valence-electron chi connectivity index (χ1n) is 7.51. The predicted octanol–water partition coefficient (Wildman–Crippen LogP) is 2.38. The van der Waals surface area contributed by atoms with Crippen LogP contribution >= 0.6 is 0 Å². The first-order chi connectivity index (χ1) is 10.6. The number of benzene rings is 1. The zero-order chi connectivity index (χ0) is 15.5. The Labute approximate surface area is 130 Å². The Hall–Kier alpha value is -2.21. The van der Waals surface area contributed by atoms with Crippen LogP contribution in [0.1, 0.15) is 16.7 Å². The third kappa shape index (κ3) is 3.17. The van der Waals surface area contributed by atoms with Crippen molar-refractivity contribution in [1.82, 2.24) is 15.2 Å². The molecule has 1 aromatic carbocycles. The Morgan fingerprint density at radius 1 is 1.09 bits per heavy atom. The monoisotopic (exact) mass is 299 g/mol. The molecule has 6 heteroatoms. The summed E-state index contributed by atoms with van der Waals surface area (Å²) in [7, 11) is 0. The fourth-order valence-corrected chi connectivity index (χ4v) is 2.76. The lowest BCUT2D eigenvalue weighted by molar-refractivity contribution is 0.122. The highest BCUT2D eigenvalue weighted by Gasteiger charge is 2.15. The SMILES string of the molecule is Cc1cc(C)c(Nc2cnnc(N3CCOCC3)n2)c(C)c1. The summed E-state index contributed by atoms with van der Waals surface area (Å²) in [6.07, 6.45) is 1.66. The minimum atomic E-state index is 0.649. The quantitative estimate of drug-likeness (QED) is 0.939. The number of morpholine rings is 1. The van der Waals surface area contributed by atoms with Crippen molar-refractivity contribution in [2.45, 2.75) is 20.8 Å². The number of nitrogens with one attached hydrogen (secondary N) is 1. The van der Waals surface area contributed by atoms with Crippen LogP contribution in [0.4, 0.5) is 17.5 Å². The number of hydrogen-bond donors (Lipinski definition) is 1. The first kappa shape index (κ1) is 14.7. The number of rotatable bonds is 3. The van der Waals surface area contributed by atoms with E-state index in [1.54, 1.807) is 6.20 Å². The molecule has 0 saturated carbocycles. The van der Waals surface area contributed by atoms with Gasteiger partial charge in [-0.05, 0) is 31.9 Å². The average Bonchev–Trinajstić information content (AvgIpc) is 2.52. The van der Waals surface area contributed by atoms with Gasteiger partial charge in [0.2, 0.25) is 5.95 Å². The van der Waals surface area contributed by atoms with Crippen molar-refractivity contribution in [3.63, 3.8) is 0 Å². The van der Waals surface area contributed by atoms with Crippen molar-refractivity contribution in [1.29, 1.82) is 0 Å². The summed E-state index contributed by atoms with van der Waals surface area (Å²) in [5.41, 5.74) is 4.74. The van der Waals surface area contributed by atoms with Crippen molar-refractivity contribution in [2.75, 3.05) is 36.5 Å². The van der Waals surface area contributed by atoms with E-state index in [2.05, 4.69) is 58.3 Å². The van der Waals surface area contributed by atoms with Gasteiger partial charge in [0, 0.05) is 18.8 Å². The highest BCUT2D eigenvalue weighted by atomic mass is 16.5.